The minimum absolute atomic E-state index is 0.0265. The lowest BCUT2D eigenvalue weighted by molar-refractivity contribution is -0.118. The van der Waals surface area contributed by atoms with Crippen LogP contribution < -0.4 is 5.32 Å². The van der Waals surface area contributed by atoms with Crippen LogP contribution >= 0.6 is 11.6 Å². The van der Waals surface area contributed by atoms with Crippen molar-refractivity contribution in [3.05, 3.63) is 35.4 Å². The summed E-state index contributed by atoms with van der Waals surface area (Å²) in [6.07, 6.45) is 0.698. The Bertz CT molecular complexity index is 389. The lowest BCUT2D eigenvalue weighted by Gasteiger charge is -2.04. The van der Waals surface area contributed by atoms with Gasteiger partial charge in [-0.2, -0.15) is 0 Å². The van der Waals surface area contributed by atoms with Crippen LogP contribution in [-0.2, 0) is 16.0 Å². The maximum Gasteiger partial charge on any atom is 0.337 e. The van der Waals surface area contributed by atoms with Crippen molar-refractivity contribution in [3.63, 3.8) is 0 Å². The number of rotatable bonds is 5. The van der Waals surface area contributed by atoms with Crippen molar-refractivity contribution in [2.75, 3.05) is 19.5 Å². The third kappa shape index (κ3) is 4.44. The molecule has 1 amide bonds. The van der Waals surface area contributed by atoms with Gasteiger partial charge in [0.25, 0.3) is 0 Å². The molecule has 5 heteroatoms. The summed E-state index contributed by atoms with van der Waals surface area (Å²) < 4.78 is 4.59. The zero-order chi connectivity index (χ0) is 12.7. The summed E-state index contributed by atoms with van der Waals surface area (Å²) in [5.41, 5.74) is 1.55. The van der Waals surface area contributed by atoms with E-state index in [-0.39, 0.29) is 17.8 Å². The summed E-state index contributed by atoms with van der Waals surface area (Å²) >= 11 is 5.34. The fourth-order valence-electron chi connectivity index (χ4n) is 1.32. The first-order chi connectivity index (χ1) is 8.17. The molecule has 0 fully saturated rings. The molecule has 0 atom stereocenters. The van der Waals surface area contributed by atoms with Crippen molar-refractivity contribution in [2.24, 2.45) is 0 Å². The van der Waals surface area contributed by atoms with Crippen LogP contribution in [0.2, 0.25) is 0 Å². The van der Waals surface area contributed by atoms with Gasteiger partial charge in [-0.05, 0) is 24.1 Å². The first-order valence-corrected chi connectivity index (χ1v) is 5.70. The number of hydrogen-bond acceptors (Lipinski definition) is 3. The molecule has 0 radical (unpaired) electrons. The van der Waals surface area contributed by atoms with Crippen molar-refractivity contribution < 1.29 is 14.3 Å². The highest BCUT2D eigenvalue weighted by Crippen LogP contribution is 2.06. The molecular weight excluding hydrogens is 242 g/mol. The van der Waals surface area contributed by atoms with Gasteiger partial charge in [0, 0.05) is 6.54 Å². The number of carbonyl (C=O) groups is 2. The van der Waals surface area contributed by atoms with Gasteiger partial charge in [-0.1, -0.05) is 12.1 Å². The minimum atomic E-state index is -0.355. The summed E-state index contributed by atoms with van der Waals surface area (Å²) in [6, 6.07) is 7.06. The summed E-state index contributed by atoms with van der Waals surface area (Å²) in [7, 11) is 1.35. The maximum absolute atomic E-state index is 11.2. The van der Waals surface area contributed by atoms with Crippen LogP contribution in [0.15, 0.2) is 24.3 Å². The largest absolute Gasteiger partial charge is 0.465 e. The second kappa shape index (κ2) is 6.91. The topological polar surface area (TPSA) is 55.4 Å². The highest BCUT2D eigenvalue weighted by atomic mass is 35.5. The smallest absolute Gasteiger partial charge is 0.337 e. The number of amides is 1. The molecule has 0 aliphatic rings. The number of ether oxygens (including phenoxy) is 1. The molecule has 0 spiro atoms. The van der Waals surface area contributed by atoms with E-state index in [1.807, 2.05) is 12.1 Å². The second-order valence-corrected chi connectivity index (χ2v) is 3.69. The molecule has 92 valence electrons. The van der Waals surface area contributed by atoms with E-state index >= 15 is 0 Å². The third-order valence-electron chi connectivity index (χ3n) is 2.23. The number of nitrogens with one attached hydrogen (secondary N) is 1. The molecule has 17 heavy (non-hydrogen) atoms. The Balaban J connectivity index is 2.46. The van der Waals surface area contributed by atoms with Gasteiger partial charge in [0.2, 0.25) is 5.91 Å². The molecule has 0 heterocycles. The molecule has 0 bridgehead atoms. The molecule has 0 aliphatic heterocycles. The van der Waals surface area contributed by atoms with Crippen LogP contribution in [0.25, 0.3) is 0 Å². The van der Waals surface area contributed by atoms with E-state index in [2.05, 4.69) is 10.1 Å². The van der Waals surface area contributed by atoms with Crippen LogP contribution in [0.4, 0.5) is 0 Å². The summed E-state index contributed by atoms with van der Waals surface area (Å²) in [6.45, 7) is 0.531. The SMILES string of the molecule is COC(=O)c1ccc(CCNC(=O)CCl)cc1. The molecule has 4 nitrogen and oxygen atoms in total. The van der Waals surface area contributed by atoms with Crippen LogP contribution in [0, 0.1) is 0 Å². The van der Waals surface area contributed by atoms with Gasteiger partial charge in [0.15, 0.2) is 0 Å². The number of alkyl halides is 1. The molecule has 0 aliphatic carbocycles. The van der Waals surface area contributed by atoms with Crippen molar-refractivity contribution >= 4 is 23.5 Å². The maximum atomic E-state index is 11.2. The van der Waals surface area contributed by atoms with Gasteiger partial charge in [0.1, 0.15) is 5.88 Å². The first kappa shape index (κ1) is 13.5. The molecule has 0 aromatic heterocycles. The molecule has 0 unspecified atom stereocenters. The number of esters is 1. The highest BCUT2D eigenvalue weighted by molar-refractivity contribution is 6.27. The molecule has 1 aromatic carbocycles. The Morgan fingerprint density at radius 1 is 1.29 bits per heavy atom. The van der Waals surface area contributed by atoms with Crippen molar-refractivity contribution in [3.8, 4) is 0 Å². The molecule has 1 aromatic rings. The minimum Gasteiger partial charge on any atom is -0.465 e. The summed E-state index contributed by atoms with van der Waals surface area (Å²) in [4.78, 5) is 22.1. The van der Waals surface area contributed by atoms with Gasteiger partial charge in [0.05, 0.1) is 12.7 Å². The second-order valence-electron chi connectivity index (χ2n) is 3.42. The first-order valence-electron chi connectivity index (χ1n) is 5.17. The van der Waals surface area contributed by atoms with E-state index in [1.165, 1.54) is 7.11 Å². The van der Waals surface area contributed by atoms with Crippen molar-refractivity contribution in [1.29, 1.82) is 0 Å². The van der Waals surface area contributed by atoms with E-state index < -0.39 is 0 Å². The lowest BCUT2D eigenvalue weighted by Crippen LogP contribution is -2.26. The predicted molar refractivity (Wildman–Crippen MR) is 65.2 cm³/mol. The number of carbonyl (C=O) groups excluding carboxylic acids is 2. The molecule has 0 saturated carbocycles. The fraction of sp³-hybridized carbons (Fsp3) is 0.333. The quantitative estimate of drug-likeness (QED) is 0.639. The van der Waals surface area contributed by atoms with Gasteiger partial charge in [-0.25, -0.2) is 4.79 Å². The number of methoxy groups -OCH3 is 1. The summed E-state index contributed by atoms with van der Waals surface area (Å²) in [5, 5.41) is 2.67. The summed E-state index contributed by atoms with van der Waals surface area (Å²) in [5.74, 6) is -0.564. The van der Waals surface area contributed by atoms with Gasteiger partial charge >= 0.3 is 5.97 Å². The number of halogens is 1. The Morgan fingerprint density at radius 2 is 1.94 bits per heavy atom. The predicted octanol–water partition coefficient (Wildman–Crippen LogP) is 1.37. The normalized spacial score (nSPS) is 9.76. The van der Waals surface area contributed by atoms with Crippen LogP contribution in [0.3, 0.4) is 0 Å². The van der Waals surface area contributed by atoms with Gasteiger partial charge < -0.3 is 10.1 Å². The van der Waals surface area contributed by atoms with Crippen molar-refractivity contribution in [2.45, 2.75) is 6.42 Å². The van der Waals surface area contributed by atoms with Crippen LogP contribution in [0.5, 0.6) is 0 Å². The van der Waals surface area contributed by atoms with Gasteiger partial charge in [-0.3, -0.25) is 4.79 Å². The Kier molecular flexibility index (Phi) is 5.49. The van der Waals surface area contributed by atoms with E-state index in [1.54, 1.807) is 12.1 Å². The van der Waals surface area contributed by atoms with E-state index in [0.717, 1.165) is 5.56 Å². The monoisotopic (exact) mass is 255 g/mol. The van der Waals surface area contributed by atoms with E-state index in [4.69, 9.17) is 11.6 Å². The average Bonchev–Trinajstić information content (AvgIpc) is 2.38. The average molecular weight is 256 g/mol. The molecule has 0 saturated heterocycles. The molecule has 1 N–H and O–H groups in total. The highest BCUT2D eigenvalue weighted by Gasteiger charge is 2.04. The standard InChI is InChI=1S/C12H14ClNO3/c1-17-12(16)10-4-2-9(3-5-10)6-7-14-11(15)8-13/h2-5H,6-8H2,1H3,(H,14,15). The third-order valence-corrected chi connectivity index (χ3v) is 2.47. The lowest BCUT2D eigenvalue weighted by atomic mass is 10.1. The van der Waals surface area contributed by atoms with E-state index in [0.29, 0.717) is 18.5 Å². The zero-order valence-corrected chi connectivity index (χ0v) is 10.3. The van der Waals surface area contributed by atoms with Crippen LogP contribution in [0.1, 0.15) is 15.9 Å². The van der Waals surface area contributed by atoms with E-state index in [9.17, 15) is 9.59 Å². The van der Waals surface area contributed by atoms with Gasteiger partial charge in [-0.15, -0.1) is 11.6 Å². The van der Waals surface area contributed by atoms with Crippen LogP contribution in [-0.4, -0.2) is 31.4 Å². The number of hydrogen-bond donors (Lipinski definition) is 1. The van der Waals surface area contributed by atoms with Crippen molar-refractivity contribution in [1.82, 2.24) is 5.32 Å². The Hall–Kier alpha value is -1.55. The zero-order valence-electron chi connectivity index (χ0n) is 9.53. The molecular formula is C12H14ClNO3. The number of benzene rings is 1. The Morgan fingerprint density at radius 3 is 2.47 bits per heavy atom. The fourth-order valence-corrected chi connectivity index (χ4v) is 1.41. The molecule has 1 rings (SSSR count). The Labute approximate surface area is 105 Å².